The molecule has 3 heterocycles. The Morgan fingerprint density at radius 1 is 1.42 bits per heavy atom. The maximum atomic E-state index is 13.5. The van der Waals surface area contributed by atoms with Gasteiger partial charge in [-0.05, 0) is 32.3 Å². The molecule has 0 radical (unpaired) electrons. The average Bonchev–Trinajstić information content (AvgIpc) is 3.07. The van der Waals surface area contributed by atoms with Crippen molar-refractivity contribution < 1.29 is 22.7 Å². The number of ether oxygens (including phenoxy) is 1. The van der Waals surface area contributed by atoms with Gasteiger partial charge in [0.05, 0.1) is 18.2 Å². The third-order valence-corrected chi connectivity index (χ3v) is 5.54. The molecule has 0 aliphatic carbocycles. The van der Waals surface area contributed by atoms with Crippen LogP contribution in [0.4, 0.5) is 18.0 Å². The van der Waals surface area contributed by atoms with Gasteiger partial charge >= 0.3 is 12.2 Å². The van der Waals surface area contributed by atoms with E-state index in [9.17, 15) is 18.0 Å². The maximum absolute atomic E-state index is 13.5. The number of likely N-dealkylation sites (tertiary alicyclic amines) is 1. The Morgan fingerprint density at radius 3 is 2.77 bits per heavy atom. The molecular weight excluding hydrogens is 349 g/mol. The summed E-state index contributed by atoms with van der Waals surface area (Å²) in [5, 5.41) is 7.07. The standard InChI is InChI=1S/C17H25F3N4O2/c1-2-24-8-3-13(22-24)11-21-15(25)23-7-4-14(17(18,19)20)16(12-23)5-9-26-10-6-16/h3,8,14H,2,4-7,9-12H2,1H3,(H,21,25)/t14-/m0/s1. The van der Waals surface area contributed by atoms with Gasteiger partial charge in [0, 0.05) is 44.5 Å². The molecule has 3 rings (SSSR count). The van der Waals surface area contributed by atoms with E-state index in [0.717, 1.165) is 12.2 Å². The van der Waals surface area contributed by atoms with Gasteiger partial charge in [-0.3, -0.25) is 4.68 Å². The van der Waals surface area contributed by atoms with E-state index in [4.69, 9.17) is 4.74 Å². The third kappa shape index (κ3) is 3.97. The molecule has 9 heteroatoms. The van der Waals surface area contributed by atoms with Crippen molar-refractivity contribution in [2.75, 3.05) is 26.3 Å². The summed E-state index contributed by atoms with van der Waals surface area (Å²) in [6.45, 7) is 3.84. The highest BCUT2D eigenvalue weighted by molar-refractivity contribution is 5.74. The number of nitrogens with zero attached hydrogens (tertiary/aromatic N) is 3. The Labute approximate surface area is 150 Å². The minimum atomic E-state index is -4.24. The van der Waals surface area contributed by atoms with Crippen molar-refractivity contribution >= 4 is 6.03 Å². The van der Waals surface area contributed by atoms with Gasteiger partial charge in [-0.1, -0.05) is 0 Å². The van der Waals surface area contributed by atoms with E-state index in [-0.39, 0.29) is 32.1 Å². The minimum absolute atomic E-state index is 0.0542. The smallest absolute Gasteiger partial charge is 0.381 e. The van der Waals surface area contributed by atoms with E-state index in [1.807, 2.05) is 19.2 Å². The number of piperidine rings is 1. The summed E-state index contributed by atoms with van der Waals surface area (Å²) in [6.07, 6.45) is -1.80. The molecule has 2 fully saturated rings. The number of nitrogens with one attached hydrogen (secondary N) is 1. The van der Waals surface area contributed by atoms with Crippen molar-refractivity contribution in [3.63, 3.8) is 0 Å². The van der Waals surface area contributed by atoms with Gasteiger partial charge in [-0.2, -0.15) is 18.3 Å². The Morgan fingerprint density at radius 2 is 2.15 bits per heavy atom. The van der Waals surface area contributed by atoms with Crippen molar-refractivity contribution in [3.8, 4) is 0 Å². The molecule has 1 spiro atoms. The van der Waals surface area contributed by atoms with E-state index in [0.29, 0.717) is 26.1 Å². The molecule has 6 nitrogen and oxygen atoms in total. The fraction of sp³-hybridized carbons (Fsp3) is 0.765. The first-order valence-electron chi connectivity index (χ1n) is 9.03. The number of alkyl halides is 3. The summed E-state index contributed by atoms with van der Waals surface area (Å²) in [4.78, 5) is 14.0. The van der Waals surface area contributed by atoms with Gasteiger partial charge in [0.25, 0.3) is 0 Å². The van der Waals surface area contributed by atoms with E-state index in [1.54, 1.807) is 4.68 Å². The first-order valence-corrected chi connectivity index (χ1v) is 9.03. The molecule has 0 bridgehead atoms. The Bertz CT molecular complexity index is 626. The largest absolute Gasteiger partial charge is 0.392 e. The second-order valence-corrected chi connectivity index (χ2v) is 7.10. The molecule has 2 saturated heterocycles. The molecule has 2 aliphatic rings. The molecule has 0 aromatic carbocycles. The number of urea groups is 1. The zero-order chi connectivity index (χ0) is 18.8. The summed E-state index contributed by atoms with van der Waals surface area (Å²) in [5.74, 6) is -1.37. The zero-order valence-electron chi connectivity index (χ0n) is 14.9. The van der Waals surface area contributed by atoms with E-state index >= 15 is 0 Å². The van der Waals surface area contributed by atoms with E-state index in [2.05, 4.69) is 10.4 Å². The Kier molecular flexibility index (Phi) is 5.45. The quantitative estimate of drug-likeness (QED) is 0.885. The lowest BCUT2D eigenvalue weighted by molar-refractivity contribution is -0.232. The van der Waals surface area contributed by atoms with E-state index < -0.39 is 17.5 Å². The maximum Gasteiger partial charge on any atom is 0.392 e. The number of aryl methyl sites for hydroxylation is 1. The highest BCUT2D eigenvalue weighted by atomic mass is 19.4. The molecule has 1 aromatic heterocycles. The van der Waals surface area contributed by atoms with Gasteiger partial charge in [0.2, 0.25) is 0 Å². The molecule has 1 aromatic rings. The normalized spacial score (nSPS) is 23.2. The van der Waals surface area contributed by atoms with Crippen LogP contribution >= 0.6 is 0 Å². The van der Waals surface area contributed by atoms with Gasteiger partial charge in [-0.15, -0.1) is 0 Å². The van der Waals surface area contributed by atoms with Gasteiger partial charge in [-0.25, -0.2) is 4.79 Å². The number of rotatable bonds is 3. The molecule has 0 saturated carbocycles. The molecule has 0 unspecified atom stereocenters. The van der Waals surface area contributed by atoms with Crippen LogP contribution in [0.15, 0.2) is 12.3 Å². The first kappa shape index (κ1) is 19.0. The number of halogens is 3. The predicted octanol–water partition coefficient (Wildman–Crippen LogP) is 2.79. The van der Waals surface area contributed by atoms with Crippen LogP contribution in [0, 0.1) is 11.3 Å². The monoisotopic (exact) mass is 374 g/mol. The number of hydrogen-bond donors (Lipinski definition) is 1. The molecular formula is C17H25F3N4O2. The van der Waals surface area contributed by atoms with Gasteiger partial charge < -0.3 is 15.0 Å². The lowest BCUT2D eigenvalue weighted by Gasteiger charge is -2.50. The van der Waals surface area contributed by atoms with Crippen LogP contribution in [0.1, 0.15) is 31.9 Å². The number of amides is 2. The summed E-state index contributed by atoms with van der Waals surface area (Å²) in [6, 6.07) is 1.49. The summed E-state index contributed by atoms with van der Waals surface area (Å²) < 4.78 is 47.6. The summed E-state index contributed by atoms with van der Waals surface area (Å²) >= 11 is 0. The summed E-state index contributed by atoms with van der Waals surface area (Å²) in [7, 11) is 0. The average molecular weight is 374 g/mol. The van der Waals surface area contributed by atoms with Crippen LogP contribution < -0.4 is 5.32 Å². The number of carbonyl (C=O) groups excluding carboxylic acids is 1. The molecule has 146 valence electrons. The lowest BCUT2D eigenvalue weighted by Crippen LogP contribution is -2.58. The van der Waals surface area contributed by atoms with Gasteiger partial charge in [0.1, 0.15) is 0 Å². The van der Waals surface area contributed by atoms with Crippen LogP contribution in [0.2, 0.25) is 0 Å². The fourth-order valence-electron chi connectivity index (χ4n) is 4.08. The van der Waals surface area contributed by atoms with Crippen molar-refractivity contribution in [2.45, 2.75) is 45.5 Å². The van der Waals surface area contributed by atoms with Crippen LogP contribution in [0.25, 0.3) is 0 Å². The van der Waals surface area contributed by atoms with Crippen molar-refractivity contribution in [1.29, 1.82) is 0 Å². The number of carbonyl (C=O) groups is 1. The fourth-order valence-corrected chi connectivity index (χ4v) is 4.08. The molecule has 26 heavy (non-hydrogen) atoms. The second-order valence-electron chi connectivity index (χ2n) is 7.10. The highest BCUT2D eigenvalue weighted by Crippen LogP contribution is 2.50. The molecule has 2 aliphatic heterocycles. The number of aromatic nitrogens is 2. The third-order valence-electron chi connectivity index (χ3n) is 5.54. The van der Waals surface area contributed by atoms with Crippen molar-refractivity contribution in [2.24, 2.45) is 11.3 Å². The predicted molar refractivity (Wildman–Crippen MR) is 88.4 cm³/mol. The van der Waals surface area contributed by atoms with E-state index in [1.165, 1.54) is 4.90 Å². The zero-order valence-corrected chi connectivity index (χ0v) is 14.9. The number of hydrogen-bond acceptors (Lipinski definition) is 3. The summed E-state index contributed by atoms with van der Waals surface area (Å²) in [5.41, 5.74) is -0.207. The Balaban J connectivity index is 1.64. The molecule has 2 amide bonds. The minimum Gasteiger partial charge on any atom is -0.381 e. The second kappa shape index (κ2) is 7.46. The Hall–Kier alpha value is -1.77. The first-order chi connectivity index (χ1) is 12.3. The van der Waals surface area contributed by atoms with Crippen molar-refractivity contribution in [3.05, 3.63) is 18.0 Å². The van der Waals surface area contributed by atoms with Crippen LogP contribution in [-0.2, 0) is 17.8 Å². The topological polar surface area (TPSA) is 59.4 Å². The van der Waals surface area contributed by atoms with Crippen LogP contribution in [0.5, 0.6) is 0 Å². The molecule has 1 atom stereocenters. The lowest BCUT2D eigenvalue weighted by atomic mass is 9.66. The SMILES string of the molecule is CCn1ccc(CNC(=O)N2CC[C@H](C(F)(F)F)C3(CCOCC3)C2)n1. The van der Waals surface area contributed by atoms with Crippen LogP contribution in [0.3, 0.4) is 0 Å². The van der Waals surface area contributed by atoms with Gasteiger partial charge in [0.15, 0.2) is 0 Å². The highest BCUT2D eigenvalue weighted by Gasteiger charge is 2.56. The molecule has 1 N–H and O–H groups in total. The van der Waals surface area contributed by atoms with Crippen LogP contribution in [-0.4, -0.2) is 53.2 Å². The van der Waals surface area contributed by atoms with Crippen molar-refractivity contribution in [1.82, 2.24) is 20.0 Å².